The summed E-state index contributed by atoms with van der Waals surface area (Å²) in [4.78, 5) is 10.9. The van der Waals surface area contributed by atoms with Crippen LogP contribution in [0.3, 0.4) is 0 Å². The van der Waals surface area contributed by atoms with E-state index in [1.165, 1.54) is 6.07 Å². The van der Waals surface area contributed by atoms with Crippen LogP contribution in [-0.4, -0.2) is 28.7 Å². The summed E-state index contributed by atoms with van der Waals surface area (Å²) in [7, 11) is -0.835. The van der Waals surface area contributed by atoms with E-state index in [9.17, 15) is 9.00 Å². The number of nitrogen functional groups attached to an aromatic ring is 1. The molecule has 0 aliphatic carbocycles. The van der Waals surface area contributed by atoms with Crippen molar-refractivity contribution in [1.29, 1.82) is 0 Å². The molecule has 0 bridgehead atoms. The maximum absolute atomic E-state index is 10.9. The second-order valence-corrected chi connectivity index (χ2v) is 4.93. The lowest BCUT2D eigenvalue weighted by atomic mass is 10.1. The van der Waals surface area contributed by atoms with Crippen LogP contribution in [0.4, 0.5) is 11.4 Å². The Morgan fingerprint density at radius 2 is 2.19 bits per heavy atom. The number of hydrogen-bond acceptors (Lipinski definition) is 4. The molecule has 1 atom stereocenters. The second kappa shape index (κ2) is 5.50. The van der Waals surface area contributed by atoms with Gasteiger partial charge in [0, 0.05) is 34.9 Å². The van der Waals surface area contributed by atoms with Gasteiger partial charge in [-0.3, -0.25) is 9.00 Å². The summed E-state index contributed by atoms with van der Waals surface area (Å²) in [6.45, 7) is 0.573. The quantitative estimate of drug-likeness (QED) is 0.639. The Kier molecular flexibility index (Phi) is 4.30. The molecule has 5 N–H and O–H groups in total. The summed E-state index contributed by atoms with van der Waals surface area (Å²) in [5.41, 5.74) is 12.4. The van der Waals surface area contributed by atoms with Gasteiger partial charge in [0.2, 0.25) is 5.91 Å². The first-order chi connectivity index (χ1) is 7.50. The topological polar surface area (TPSA) is 98.2 Å². The van der Waals surface area contributed by atoms with Crippen LogP contribution in [0, 0.1) is 0 Å². The minimum absolute atomic E-state index is 0.377. The molecule has 0 fully saturated rings. The first-order valence-electron chi connectivity index (χ1n) is 4.74. The van der Waals surface area contributed by atoms with Crippen molar-refractivity contribution in [2.24, 2.45) is 5.73 Å². The van der Waals surface area contributed by atoms with Crippen LogP contribution in [0.1, 0.15) is 10.4 Å². The normalized spacial score (nSPS) is 12.1. The van der Waals surface area contributed by atoms with Gasteiger partial charge in [0.05, 0.1) is 11.4 Å². The maximum atomic E-state index is 10.9. The minimum Gasteiger partial charge on any atom is -0.397 e. The Labute approximate surface area is 96.7 Å². The summed E-state index contributed by atoms with van der Waals surface area (Å²) < 4.78 is 10.8. The van der Waals surface area contributed by atoms with Gasteiger partial charge in [-0.05, 0) is 18.2 Å². The molecule has 0 spiro atoms. The molecule has 0 aromatic heterocycles. The third-order valence-electron chi connectivity index (χ3n) is 2.04. The van der Waals surface area contributed by atoms with E-state index in [4.69, 9.17) is 11.5 Å². The van der Waals surface area contributed by atoms with E-state index in [0.29, 0.717) is 23.5 Å². The highest BCUT2D eigenvalue weighted by Crippen LogP contribution is 2.19. The van der Waals surface area contributed by atoms with E-state index in [1.54, 1.807) is 18.4 Å². The fraction of sp³-hybridized carbons (Fsp3) is 0.300. The van der Waals surface area contributed by atoms with Gasteiger partial charge in [-0.1, -0.05) is 0 Å². The molecule has 88 valence electrons. The van der Waals surface area contributed by atoms with Crippen molar-refractivity contribution in [3.63, 3.8) is 0 Å². The molecule has 0 aliphatic rings. The zero-order valence-corrected chi connectivity index (χ0v) is 9.84. The highest BCUT2D eigenvalue weighted by atomic mass is 32.2. The number of carbonyl (C=O) groups excluding carboxylic acids is 1. The van der Waals surface area contributed by atoms with Gasteiger partial charge in [-0.2, -0.15) is 0 Å². The van der Waals surface area contributed by atoms with E-state index < -0.39 is 16.7 Å². The number of amides is 1. The zero-order valence-electron chi connectivity index (χ0n) is 9.03. The largest absolute Gasteiger partial charge is 0.397 e. The van der Waals surface area contributed by atoms with Gasteiger partial charge in [0.1, 0.15) is 0 Å². The predicted octanol–water partition coefficient (Wildman–Crippen LogP) is 0.158. The molecule has 1 unspecified atom stereocenters. The number of nitrogens with one attached hydrogen (secondary N) is 1. The summed E-state index contributed by atoms with van der Waals surface area (Å²) in [6, 6.07) is 4.81. The summed E-state index contributed by atoms with van der Waals surface area (Å²) in [6.07, 6.45) is 1.64. The third-order valence-corrected chi connectivity index (χ3v) is 2.82. The lowest BCUT2D eigenvalue weighted by molar-refractivity contribution is 0.100. The van der Waals surface area contributed by atoms with Crippen molar-refractivity contribution < 1.29 is 9.00 Å². The lowest BCUT2D eigenvalue weighted by Gasteiger charge is -2.09. The Balaban J connectivity index is 2.68. The van der Waals surface area contributed by atoms with Gasteiger partial charge in [-0.15, -0.1) is 0 Å². The van der Waals surface area contributed by atoms with Crippen molar-refractivity contribution in [3.8, 4) is 0 Å². The Morgan fingerprint density at radius 3 is 2.69 bits per heavy atom. The highest BCUT2D eigenvalue weighted by Gasteiger charge is 2.04. The first kappa shape index (κ1) is 12.5. The fourth-order valence-corrected chi connectivity index (χ4v) is 1.60. The van der Waals surface area contributed by atoms with Crippen molar-refractivity contribution in [2.45, 2.75) is 0 Å². The number of hydrogen-bond donors (Lipinski definition) is 3. The summed E-state index contributed by atoms with van der Waals surface area (Å²) in [5.74, 6) is 0.0460. The van der Waals surface area contributed by atoms with Crippen molar-refractivity contribution in [1.82, 2.24) is 0 Å². The zero-order chi connectivity index (χ0) is 12.1. The van der Waals surface area contributed by atoms with Crippen molar-refractivity contribution >= 4 is 28.1 Å². The monoisotopic (exact) mass is 241 g/mol. The molecule has 1 amide bonds. The predicted molar refractivity (Wildman–Crippen MR) is 66.8 cm³/mol. The number of rotatable bonds is 5. The van der Waals surface area contributed by atoms with Gasteiger partial charge in [0.25, 0.3) is 0 Å². The third kappa shape index (κ3) is 3.54. The van der Waals surface area contributed by atoms with Crippen LogP contribution in [0.15, 0.2) is 18.2 Å². The molecule has 16 heavy (non-hydrogen) atoms. The average molecular weight is 241 g/mol. The molecule has 1 rings (SSSR count). The number of carbonyl (C=O) groups is 1. The van der Waals surface area contributed by atoms with Gasteiger partial charge in [-0.25, -0.2) is 0 Å². The molecular formula is C10H15N3O2S. The number of benzene rings is 1. The molecule has 5 nitrogen and oxygen atoms in total. The maximum Gasteiger partial charge on any atom is 0.248 e. The van der Waals surface area contributed by atoms with E-state index >= 15 is 0 Å². The van der Waals surface area contributed by atoms with Crippen molar-refractivity contribution in [3.05, 3.63) is 23.8 Å². The Hall–Kier alpha value is -1.56. The highest BCUT2D eigenvalue weighted by molar-refractivity contribution is 7.84. The average Bonchev–Trinajstić information content (AvgIpc) is 2.19. The molecule has 0 saturated heterocycles. The Morgan fingerprint density at radius 1 is 1.50 bits per heavy atom. The summed E-state index contributed by atoms with van der Waals surface area (Å²) >= 11 is 0. The van der Waals surface area contributed by atoms with E-state index in [0.717, 1.165) is 5.69 Å². The van der Waals surface area contributed by atoms with Crippen LogP contribution < -0.4 is 16.8 Å². The van der Waals surface area contributed by atoms with Crippen LogP contribution in [0.2, 0.25) is 0 Å². The molecular weight excluding hydrogens is 226 g/mol. The standard InChI is InChI=1S/C10H15N3O2S/c1-16(15)5-4-13-9-3-2-7(10(12)14)6-8(9)11/h2-3,6,13H,4-5,11H2,1H3,(H2,12,14). The number of nitrogens with two attached hydrogens (primary N) is 2. The molecule has 0 saturated carbocycles. The van der Waals surface area contributed by atoms with Crippen LogP contribution >= 0.6 is 0 Å². The smallest absolute Gasteiger partial charge is 0.248 e. The SMILES string of the molecule is CS(=O)CCNc1ccc(C(N)=O)cc1N. The van der Waals surface area contributed by atoms with Crippen LogP contribution in [0.25, 0.3) is 0 Å². The summed E-state index contributed by atoms with van der Waals surface area (Å²) in [5, 5.41) is 3.04. The minimum atomic E-state index is -0.835. The lowest BCUT2D eigenvalue weighted by Crippen LogP contribution is -2.13. The molecule has 1 aromatic carbocycles. The Bertz CT molecular complexity index is 421. The fourth-order valence-electron chi connectivity index (χ4n) is 1.21. The molecule has 0 aliphatic heterocycles. The first-order valence-corrected chi connectivity index (χ1v) is 6.46. The van der Waals surface area contributed by atoms with E-state index in [2.05, 4.69) is 5.32 Å². The molecule has 0 radical (unpaired) electrons. The van der Waals surface area contributed by atoms with Crippen LogP contribution in [-0.2, 0) is 10.8 Å². The second-order valence-electron chi connectivity index (χ2n) is 3.37. The molecule has 0 heterocycles. The number of primary amides is 1. The molecule has 1 aromatic rings. The molecule has 6 heteroatoms. The van der Waals surface area contributed by atoms with Gasteiger partial charge < -0.3 is 16.8 Å². The van der Waals surface area contributed by atoms with Crippen molar-refractivity contribution in [2.75, 3.05) is 29.6 Å². The number of anilines is 2. The van der Waals surface area contributed by atoms with E-state index in [-0.39, 0.29) is 0 Å². The van der Waals surface area contributed by atoms with Gasteiger partial charge in [0.15, 0.2) is 0 Å². The van der Waals surface area contributed by atoms with E-state index in [1.807, 2.05) is 0 Å². The van der Waals surface area contributed by atoms with Gasteiger partial charge >= 0.3 is 0 Å². The van der Waals surface area contributed by atoms with Crippen LogP contribution in [0.5, 0.6) is 0 Å².